The molecule has 0 bridgehead atoms. The minimum absolute atomic E-state index is 1.13. The van der Waals surface area contributed by atoms with Gasteiger partial charge in [0.2, 0.25) is 0 Å². The molecule has 0 aliphatic carbocycles. The van der Waals surface area contributed by atoms with Crippen molar-refractivity contribution in [3.63, 3.8) is 0 Å². The third-order valence-electron chi connectivity index (χ3n) is 12.6. The van der Waals surface area contributed by atoms with E-state index in [9.17, 15) is 0 Å². The highest BCUT2D eigenvalue weighted by Crippen LogP contribution is 2.52. The molecule has 1 aliphatic heterocycles. The number of benzene rings is 11. The van der Waals surface area contributed by atoms with Crippen LogP contribution in [0, 0.1) is 0 Å². The zero-order chi connectivity index (χ0) is 40.3. The number of anilines is 3. The van der Waals surface area contributed by atoms with Crippen molar-refractivity contribution >= 4 is 49.4 Å². The maximum Gasteiger partial charge on any atom is 0.0540 e. The highest BCUT2D eigenvalue weighted by molar-refractivity contribution is 6.25. The number of fused-ring (bicyclic) bond motifs is 11. The molecule has 1 nitrogen and oxygen atoms in total. The van der Waals surface area contributed by atoms with Gasteiger partial charge in [0.25, 0.3) is 0 Å². The Kier molecular flexibility index (Phi) is 8.25. The molecule has 11 aromatic carbocycles. The Morgan fingerprint density at radius 1 is 0.197 bits per heavy atom. The van der Waals surface area contributed by atoms with Gasteiger partial charge in [-0.25, -0.2) is 0 Å². The number of hydrogen-bond acceptors (Lipinski definition) is 1. The van der Waals surface area contributed by atoms with E-state index in [-0.39, 0.29) is 0 Å². The van der Waals surface area contributed by atoms with E-state index in [4.69, 9.17) is 0 Å². The Hall–Kier alpha value is -8.00. The predicted molar refractivity (Wildman–Crippen MR) is 260 cm³/mol. The van der Waals surface area contributed by atoms with Crippen LogP contribution in [0.3, 0.4) is 0 Å². The third-order valence-corrected chi connectivity index (χ3v) is 12.6. The number of para-hydroxylation sites is 2. The SMILES string of the molecule is c1ccc(-c2ccc3c(c2)-c2cc(-c4cccc(-c5cccc(-c6ccc7c8ccccc8c8ccccc8c7c6)c5)c4)ccc2N(c2ccccc2)c2ccccc2-3)cc1. The van der Waals surface area contributed by atoms with Crippen LogP contribution in [-0.4, -0.2) is 0 Å². The van der Waals surface area contributed by atoms with E-state index in [2.05, 4.69) is 241 Å². The van der Waals surface area contributed by atoms with Crippen LogP contribution < -0.4 is 4.90 Å². The van der Waals surface area contributed by atoms with Crippen molar-refractivity contribution < 1.29 is 0 Å². The van der Waals surface area contributed by atoms with E-state index in [1.165, 1.54) is 105 Å². The van der Waals surface area contributed by atoms with Crippen molar-refractivity contribution in [3.05, 3.63) is 237 Å². The molecule has 1 heteroatoms. The second-order valence-electron chi connectivity index (χ2n) is 16.1. The summed E-state index contributed by atoms with van der Waals surface area (Å²) in [4.78, 5) is 2.43. The lowest BCUT2D eigenvalue weighted by Crippen LogP contribution is -2.10. The van der Waals surface area contributed by atoms with Gasteiger partial charge in [-0.1, -0.05) is 182 Å². The summed E-state index contributed by atoms with van der Waals surface area (Å²) in [7, 11) is 0. The molecule has 0 aromatic heterocycles. The number of hydrogen-bond donors (Lipinski definition) is 0. The van der Waals surface area contributed by atoms with Crippen LogP contribution in [0.5, 0.6) is 0 Å². The van der Waals surface area contributed by atoms with Crippen LogP contribution in [0.25, 0.3) is 99.1 Å². The first-order valence-electron chi connectivity index (χ1n) is 21.1. The first kappa shape index (κ1) is 35.0. The van der Waals surface area contributed by atoms with E-state index >= 15 is 0 Å². The Bertz CT molecular complexity index is 3440. The molecule has 0 amide bonds. The summed E-state index contributed by atoms with van der Waals surface area (Å²) in [6, 6.07) is 86.9. The molecule has 12 rings (SSSR count). The molecule has 61 heavy (non-hydrogen) atoms. The smallest absolute Gasteiger partial charge is 0.0540 e. The van der Waals surface area contributed by atoms with Crippen LogP contribution in [0.2, 0.25) is 0 Å². The molecular weight excluding hydrogens is 735 g/mol. The van der Waals surface area contributed by atoms with E-state index in [1.807, 2.05) is 0 Å². The Balaban J connectivity index is 0.982. The maximum absolute atomic E-state index is 2.43. The Morgan fingerprint density at radius 3 is 1.28 bits per heavy atom. The molecular formula is C60H39N. The summed E-state index contributed by atoms with van der Waals surface area (Å²) >= 11 is 0. The van der Waals surface area contributed by atoms with Crippen LogP contribution in [0.4, 0.5) is 17.1 Å². The van der Waals surface area contributed by atoms with Gasteiger partial charge >= 0.3 is 0 Å². The van der Waals surface area contributed by atoms with Gasteiger partial charge in [-0.3, -0.25) is 0 Å². The molecule has 1 aliphatic rings. The van der Waals surface area contributed by atoms with Gasteiger partial charge < -0.3 is 4.90 Å². The van der Waals surface area contributed by atoms with Gasteiger partial charge in [-0.05, 0) is 143 Å². The van der Waals surface area contributed by atoms with Crippen LogP contribution in [0.15, 0.2) is 237 Å². The van der Waals surface area contributed by atoms with Crippen molar-refractivity contribution in [2.45, 2.75) is 0 Å². The second-order valence-corrected chi connectivity index (χ2v) is 16.1. The van der Waals surface area contributed by atoms with Crippen molar-refractivity contribution in [1.29, 1.82) is 0 Å². The van der Waals surface area contributed by atoms with E-state index in [0.717, 1.165) is 11.4 Å². The van der Waals surface area contributed by atoms with Crippen molar-refractivity contribution in [2.24, 2.45) is 0 Å². The van der Waals surface area contributed by atoms with Crippen LogP contribution in [0.1, 0.15) is 0 Å². The zero-order valence-corrected chi connectivity index (χ0v) is 33.5. The van der Waals surface area contributed by atoms with E-state index < -0.39 is 0 Å². The van der Waals surface area contributed by atoms with Gasteiger partial charge in [-0.2, -0.15) is 0 Å². The van der Waals surface area contributed by atoms with Crippen molar-refractivity contribution in [2.75, 3.05) is 4.90 Å². The van der Waals surface area contributed by atoms with Gasteiger partial charge in [0.05, 0.1) is 11.4 Å². The molecule has 1 heterocycles. The second kappa shape index (κ2) is 14.4. The molecule has 0 atom stereocenters. The molecule has 0 radical (unpaired) electrons. The summed E-state index contributed by atoms with van der Waals surface area (Å²) in [5.41, 5.74) is 17.9. The molecule has 0 saturated carbocycles. The molecule has 284 valence electrons. The normalized spacial score (nSPS) is 11.9. The summed E-state index contributed by atoms with van der Waals surface area (Å²) < 4.78 is 0. The number of nitrogens with zero attached hydrogens (tertiary/aromatic N) is 1. The molecule has 11 aromatic rings. The first-order valence-corrected chi connectivity index (χ1v) is 21.1. The van der Waals surface area contributed by atoms with E-state index in [1.54, 1.807) is 0 Å². The maximum atomic E-state index is 2.43. The lowest BCUT2D eigenvalue weighted by atomic mass is 9.89. The first-order chi connectivity index (χ1) is 30.2. The van der Waals surface area contributed by atoms with Crippen LogP contribution >= 0.6 is 0 Å². The van der Waals surface area contributed by atoms with Gasteiger partial charge in [0, 0.05) is 16.8 Å². The third kappa shape index (κ3) is 5.93. The average molecular weight is 774 g/mol. The highest BCUT2D eigenvalue weighted by atomic mass is 15.1. The van der Waals surface area contributed by atoms with E-state index in [0.29, 0.717) is 0 Å². The fourth-order valence-corrected chi connectivity index (χ4v) is 9.66. The monoisotopic (exact) mass is 773 g/mol. The minimum atomic E-state index is 1.13. The fourth-order valence-electron chi connectivity index (χ4n) is 9.66. The predicted octanol–water partition coefficient (Wildman–Crippen LogP) is 16.9. The molecule has 0 N–H and O–H groups in total. The van der Waals surface area contributed by atoms with Gasteiger partial charge in [0.15, 0.2) is 0 Å². The Labute approximate surface area is 356 Å². The largest absolute Gasteiger partial charge is 0.309 e. The highest BCUT2D eigenvalue weighted by Gasteiger charge is 2.27. The summed E-state index contributed by atoms with van der Waals surface area (Å²) in [6.07, 6.45) is 0. The average Bonchev–Trinajstić information content (AvgIpc) is 3.46. The van der Waals surface area contributed by atoms with Crippen molar-refractivity contribution in [1.82, 2.24) is 0 Å². The van der Waals surface area contributed by atoms with Gasteiger partial charge in [0.1, 0.15) is 0 Å². The van der Waals surface area contributed by atoms with Gasteiger partial charge in [-0.15, -0.1) is 0 Å². The topological polar surface area (TPSA) is 3.24 Å². The molecule has 0 unspecified atom stereocenters. The fraction of sp³-hybridized carbons (Fsp3) is 0. The number of rotatable bonds is 5. The molecule has 0 fully saturated rings. The quantitative estimate of drug-likeness (QED) is 0.157. The summed E-state index contributed by atoms with van der Waals surface area (Å²) in [6.45, 7) is 0. The summed E-state index contributed by atoms with van der Waals surface area (Å²) in [5.74, 6) is 0. The Morgan fingerprint density at radius 2 is 0.623 bits per heavy atom. The molecule has 0 saturated heterocycles. The van der Waals surface area contributed by atoms with Crippen LogP contribution in [-0.2, 0) is 0 Å². The zero-order valence-electron chi connectivity index (χ0n) is 33.5. The summed E-state index contributed by atoms with van der Waals surface area (Å²) in [5, 5.41) is 7.75. The van der Waals surface area contributed by atoms with Crippen molar-refractivity contribution in [3.8, 4) is 66.8 Å². The minimum Gasteiger partial charge on any atom is -0.309 e. The lowest BCUT2D eigenvalue weighted by molar-refractivity contribution is 1.29. The molecule has 0 spiro atoms. The standard InChI is InChI=1S/C60H39N/c1-3-15-40(16-4-1)45-29-33-54-55-27-11-12-28-59(55)61(48-21-5-2-6-22-48)60-34-31-47(39-58(60)57(54)37-45)44-20-14-18-42(36-44)41-17-13-19-43(35-41)46-30-32-53-51-25-8-7-23-49(51)50-24-9-10-26-52(50)56(53)38-46/h1-39H. The lowest BCUT2D eigenvalue weighted by Gasteiger charge is -2.27.